The van der Waals surface area contributed by atoms with Crippen LogP contribution in [0.2, 0.25) is 0 Å². The van der Waals surface area contributed by atoms with E-state index in [-0.39, 0.29) is 5.60 Å². The summed E-state index contributed by atoms with van der Waals surface area (Å²) in [5, 5.41) is 3.66. The molecule has 18 heavy (non-hydrogen) atoms. The van der Waals surface area contributed by atoms with Crippen LogP contribution in [0, 0.1) is 11.8 Å². The lowest BCUT2D eigenvalue weighted by atomic mass is 9.74. The second-order valence-electron chi connectivity index (χ2n) is 6.70. The second-order valence-corrected chi connectivity index (χ2v) is 6.70. The zero-order chi connectivity index (χ0) is 13.6. The Morgan fingerprint density at radius 1 is 1.17 bits per heavy atom. The molecule has 0 radical (unpaired) electrons. The minimum atomic E-state index is -0.0238. The summed E-state index contributed by atoms with van der Waals surface area (Å²) in [6.07, 6.45) is 6.94. The van der Waals surface area contributed by atoms with Gasteiger partial charge in [-0.2, -0.15) is 0 Å². The molecule has 0 heterocycles. The lowest BCUT2D eigenvalue weighted by Crippen LogP contribution is -2.45. The van der Waals surface area contributed by atoms with Crippen molar-refractivity contribution in [2.24, 2.45) is 11.8 Å². The zero-order valence-corrected chi connectivity index (χ0v) is 13.1. The van der Waals surface area contributed by atoms with Gasteiger partial charge in [0.15, 0.2) is 0 Å². The van der Waals surface area contributed by atoms with E-state index < -0.39 is 0 Å². The first-order valence-corrected chi connectivity index (χ1v) is 7.85. The standard InChI is InChI=1S/C16H33NO/c1-6-13-10-8-9-11-14(13)15(17-7-2)12-18-16(3,4)5/h13-15,17H,6-12H2,1-5H3. The summed E-state index contributed by atoms with van der Waals surface area (Å²) in [5.41, 5.74) is -0.0238. The van der Waals surface area contributed by atoms with Crippen molar-refractivity contribution in [3.05, 3.63) is 0 Å². The van der Waals surface area contributed by atoms with E-state index in [0.29, 0.717) is 6.04 Å². The Morgan fingerprint density at radius 3 is 2.39 bits per heavy atom. The van der Waals surface area contributed by atoms with Gasteiger partial charge in [-0.1, -0.05) is 39.5 Å². The minimum Gasteiger partial charge on any atom is -0.374 e. The molecule has 0 saturated heterocycles. The van der Waals surface area contributed by atoms with Gasteiger partial charge in [-0.05, 0) is 45.6 Å². The average molecular weight is 255 g/mol. The molecule has 108 valence electrons. The lowest BCUT2D eigenvalue weighted by molar-refractivity contribution is -0.0299. The van der Waals surface area contributed by atoms with E-state index in [0.717, 1.165) is 25.0 Å². The SMILES string of the molecule is CCNC(COC(C)(C)C)C1CCCCC1CC. The van der Waals surface area contributed by atoms with E-state index in [1.165, 1.54) is 32.1 Å². The third-order valence-electron chi connectivity index (χ3n) is 4.17. The monoisotopic (exact) mass is 255 g/mol. The fraction of sp³-hybridized carbons (Fsp3) is 1.00. The summed E-state index contributed by atoms with van der Waals surface area (Å²) in [5.74, 6) is 1.71. The van der Waals surface area contributed by atoms with E-state index >= 15 is 0 Å². The molecule has 1 aliphatic carbocycles. The van der Waals surface area contributed by atoms with E-state index in [1.54, 1.807) is 0 Å². The number of hydrogen-bond donors (Lipinski definition) is 1. The van der Waals surface area contributed by atoms with Crippen LogP contribution in [-0.4, -0.2) is 24.8 Å². The number of likely N-dealkylation sites (N-methyl/N-ethyl adjacent to an activating group) is 1. The Hall–Kier alpha value is -0.0800. The largest absolute Gasteiger partial charge is 0.374 e. The van der Waals surface area contributed by atoms with E-state index in [4.69, 9.17) is 4.74 Å². The van der Waals surface area contributed by atoms with Crippen LogP contribution in [0.25, 0.3) is 0 Å². The molecule has 1 N–H and O–H groups in total. The Bertz CT molecular complexity index is 222. The van der Waals surface area contributed by atoms with Gasteiger partial charge in [0, 0.05) is 6.04 Å². The van der Waals surface area contributed by atoms with Crippen molar-refractivity contribution in [1.82, 2.24) is 5.32 Å². The number of rotatable bonds is 6. The summed E-state index contributed by atoms with van der Waals surface area (Å²) >= 11 is 0. The fourth-order valence-corrected chi connectivity index (χ4v) is 3.21. The molecular formula is C16H33NO. The van der Waals surface area contributed by atoms with Gasteiger partial charge in [0.05, 0.1) is 12.2 Å². The van der Waals surface area contributed by atoms with Crippen LogP contribution in [0.5, 0.6) is 0 Å². The lowest BCUT2D eigenvalue weighted by Gasteiger charge is -2.38. The number of hydrogen-bond acceptors (Lipinski definition) is 2. The fourth-order valence-electron chi connectivity index (χ4n) is 3.21. The highest BCUT2D eigenvalue weighted by molar-refractivity contribution is 4.85. The molecule has 1 rings (SSSR count). The van der Waals surface area contributed by atoms with E-state index in [9.17, 15) is 0 Å². The Morgan fingerprint density at radius 2 is 1.83 bits per heavy atom. The van der Waals surface area contributed by atoms with E-state index in [1.807, 2.05) is 0 Å². The van der Waals surface area contributed by atoms with Gasteiger partial charge in [0.25, 0.3) is 0 Å². The maximum Gasteiger partial charge on any atom is 0.0629 e. The molecule has 3 unspecified atom stereocenters. The highest BCUT2D eigenvalue weighted by Gasteiger charge is 2.31. The number of nitrogens with one attached hydrogen (secondary N) is 1. The van der Waals surface area contributed by atoms with Crippen LogP contribution in [0.1, 0.15) is 66.7 Å². The normalized spacial score (nSPS) is 27.2. The first-order chi connectivity index (χ1) is 8.48. The highest BCUT2D eigenvalue weighted by Crippen LogP contribution is 2.34. The van der Waals surface area contributed by atoms with Crippen LogP contribution in [0.3, 0.4) is 0 Å². The molecule has 2 heteroatoms. The molecular weight excluding hydrogens is 222 g/mol. The zero-order valence-electron chi connectivity index (χ0n) is 13.1. The highest BCUT2D eigenvalue weighted by atomic mass is 16.5. The molecule has 0 bridgehead atoms. The Balaban J connectivity index is 2.57. The molecule has 0 aliphatic heterocycles. The van der Waals surface area contributed by atoms with Gasteiger partial charge in [0.2, 0.25) is 0 Å². The number of ether oxygens (including phenoxy) is 1. The molecule has 1 saturated carbocycles. The molecule has 0 aromatic heterocycles. The van der Waals surface area contributed by atoms with Crippen molar-refractivity contribution in [3.63, 3.8) is 0 Å². The van der Waals surface area contributed by atoms with E-state index in [2.05, 4.69) is 39.9 Å². The third-order valence-corrected chi connectivity index (χ3v) is 4.17. The van der Waals surface area contributed by atoms with Gasteiger partial charge in [-0.25, -0.2) is 0 Å². The first-order valence-electron chi connectivity index (χ1n) is 7.85. The van der Waals surface area contributed by atoms with Crippen molar-refractivity contribution in [2.75, 3.05) is 13.2 Å². The summed E-state index contributed by atoms with van der Waals surface area (Å²) in [4.78, 5) is 0. The van der Waals surface area contributed by atoms with Crippen molar-refractivity contribution in [1.29, 1.82) is 0 Å². The van der Waals surface area contributed by atoms with Gasteiger partial charge >= 0.3 is 0 Å². The van der Waals surface area contributed by atoms with Gasteiger partial charge in [-0.3, -0.25) is 0 Å². The quantitative estimate of drug-likeness (QED) is 0.774. The van der Waals surface area contributed by atoms with Crippen LogP contribution < -0.4 is 5.32 Å². The molecule has 1 aliphatic rings. The van der Waals surface area contributed by atoms with Crippen LogP contribution >= 0.6 is 0 Å². The van der Waals surface area contributed by atoms with Gasteiger partial charge in [0.1, 0.15) is 0 Å². The topological polar surface area (TPSA) is 21.3 Å². The molecule has 2 nitrogen and oxygen atoms in total. The predicted molar refractivity (Wildman–Crippen MR) is 78.9 cm³/mol. The van der Waals surface area contributed by atoms with Gasteiger partial charge < -0.3 is 10.1 Å². The van der Waals surface area contributed by atoms with Crippen molar-refractivity contribution >= 4 is 0 Å². The maximum absolute atomic E-state index is 6.03. The first kappa shape index (κ1) is 16.0. The predicted octanol–water partition coefficient (Wildman–Crippen LogP) is 4.00. The van der Waals surface area contributed by atoms with Crippen molar-refractivity contribution in [3.8, 4) is 0 Å². The summed E-state index contributed by atoms with van der Waals surface area (Å²) < 4.78 is 6.03. The molecule has 1 fully saturated rings. The van der Waals surface area contributed by atoms with Crippen molar-refractivity contribution < 1.29 is 4.74 Å². The molecule has 0 amide bonds. The van der Waals surface area contributed by atoms with Gasteiger partial charge in [-0.15, -0.1) is 0 Å². The Labute approximate surface area is 114 Å². The molecule has 0 aromatic rings. The molecule has 3 atom stereocenters. The van der Waals surface area contributed by atoms with Crippen LogP contribution in [-0.2, 0) is 4.74 Å². The molecule has 0 aromatic carbocycles. The molecule has 0 spiro atoms. The second kappa shape index (κ2) is 7.49. The van der Waals surface area contributed by atoms with Crippen LogP contribution in [0.4, 0.5) is 0 Å². The third kappa shape index (κ3) is 5.27. The Kier molecular flexibility index (Phi) is 6.65. The summed E-state index contributed by atoms with van der Waals surface area (Å²) in [6.45, 7) is 12.9. The van der Waals surface area contributed by atoms with Crippen LogP contribution in [0.15, 0.2) is 0 Å². The smallest absolute Gasteiger partial charge is 0.0629 e. The summed E-state index contributed by atoms with van der Waals surface area (Å²) in [6, 6.07) is 0.541. The minimum absolute atomic E-state index is 0.0238. The van der Waals surface area contributed by atoms with Crippen molar-refractivity contribution in [2.45, 2.75) is 78.4 Å². The summed E-state index contributed by atoms with van der Waals surface area (Å²) in [7, 11) is 0. The average Bonchev–Trinajstić information content (AvgIpc) is 2.33. The maximum atomic E-state index is 6.03.